The van der Waals surface area contributed by atoms with Crippen LogP contribution in [0.5, 0.6) is 0 Å². The van der Waals surface area contributed by atoms with E-state index in [2.05, 4.69) is 0 Å². The highest BCUT2D eigenvalue weighted by Crippen LogP contribution is 2.33. The van der Waals surface area contributed by atoms with E-state index in [9.17, 15) is 13.2 Å². The average molecular weight is 315 g/mol. The summed E-state index contributed by atoms with van der Waals surface area (Å²) < 4.78 is 37.5. The summed E-state index contributed by atoms with van der Waals surface area (Å²) >= 11 is 1.85. The molecule has 0 radical (unpaired) electrons. The van der Waals surface area contributed by atoms with Gasteiger partial charge in [-0.1, -0.05) is 17.7 Å². The fourth-order valence-corrected chi connectivity index (χ4v) is 1.75. The van der Waals surface area contributed by atoms with Gasteiger partial charge in [0.1, 0.15) is 6.04 Å². The lowest BCUT2D eigenvalue weighted by Gasteiger charge is -2.17. The monoisotopic (exact) mass is 315 g/mol. The van der Waals surface area contributed by atoms with E-state index in [0.29, 0.717) is 3.57 Å². The summed E-state index contributed by atoms with van der Waals surface area (Å²) in [5, 5.41) is 0. The van der Waals surface area contributed by atoms with Crippen molar-refractivity contribution in [2.24, 2.45) is 5.73 Å². The fourth-order valence-electron chi connectivity index (χ4n) is 1.08. The Morgan fingerprint density at radius 2 is 1.93 bits per heavy atom. The third-order valence-corrected chi connectivity index (χ3v) is 2.82. The number of benzene rings is 1. The molecule has 2 N–H and O–H groups in total. The molecule has 0 spiro atoms. The zero-order chi connectivity index (χ0) is 10.9. The standard InChI is InChI=1S/C9H9F3IN/c1-5-2-3-7(13)6(4-5)8(14)9(10,11)12/h2-4,8H,14H2,1H3. The maximum absolute atomic E-state index is 12.3. The van der Waals surface area contributed by atoms with Crippen LogP contribution in [0.1, 0.15) is 17.2 Å². The van der Waals surface area contributed by atoms with Gasteiger partial charge in [0.15, 0.2) is 0 Å². The predicted octanol–water partition coefficient (Wildman–Crippen LogP) is 3.16. The van der Waals surface area contributed by atoms with Crippen LogP contribution in [0.25, 0.3) is 0 Å². The summed E-state index contributed by atoms with van der Waals surface area (Å²) in [5.74, 6) is 0. The SMILES string of the molecule is Cc1ccc(I)c(C(N)C(F)(F)F)c1. The molecule has 14 heavy (non-hydrogen) atoms. The van der Waals surface area contributed by atoms with Crippen LogP contribution in [0.2, 0.25) is 0 Å². The first kappa shape index (κ1) is 11.8. The second kappa shape index (κ2) is 4.06. The zero-order valence-corrected chi connectivity index (χ0v) is 9.56. The van der Waals surface area contributed by atoms with Gasteiger partial charge in [-0.3, -0.25) is 0 Å². The summed E-state index contributed by atoms with van der Waals surface area (Å²) in [4.78, 5) is 0. The summed E-state index contributed by atoms with van der Waals surface area (Å²) in [5.41, 5.74) is 6.03. The molecule has 0 saturated carbocycles. The molecule has 78 valence electrons. The average Bonchev–Trinajstić information content (AvgIpc) is 2.06. The molecule has 0 amide bonds. The van der Waals surface area contributed by atoms with E-state index in [-0.39, 0.29) is 5.56 Å². The number of rotatable bonds is 1. The summed E-state index contributed by atoms with van der Waals surface area (Å²) in [6.45, 7) is 1.74. The van der Waals surface area contributed by atoms with Crippen molar-refractivity contribution in [3.63, 3.8) is 0 Å². The number of aryl methyl sites for hydroxylation is 1. The van der Waals surface area contributed by atoms with Gasteiger partial charge in [0.2, 0.25) is 0 Å². The topological polar surface area (TPSA) is 26.0 Å². The van der Waals surface area contributed by atoms with Gasteiger partial charge in [0.25, 0.3) is 0 Å². The Bertz CT molecular complexity index is 335. The predicted molar refractivity (Wildman–Crippen MR) is 56.9 cm³/mol. The molecule has 1 unspecified atom stereocenters. The first-order valence-electron chi connectivity index (χ1n) is 3.90. The summed E-state index contributed by atoms with van der Waals surface area (Å²) in [6, 6.07) is 2.97. The Hall–Kier alpha value is -0.300. The van der Waals surface area contributed by atoms with Crippen LogP contribution in [0.3, 0.4) is 0 Å². The molecule has 1 rings (SSSR count). The highest BCUT2D eigenvalue weighted by atomic mass is 127. The van der Waals surface area contributed by atoms with Crippen molar-refractivity contribution in [1.29, 1.82) is 0 Å². The molecule has 0 aliphatic carbocycles. The van der Waals surface area contributed by atoms with Gasteiger partial charge in [0.05, 0.1) is 0 Å². The van der Waals surface area contributed by atoms with Crippen molar-refractivity contribution in [3.05, 3.63) is 32.9 Å². The zero-order valence-electron chi connectivity index (χ0n) is 7.40. The minimum Gasteiger partial charge on any atom is -0.316 e. The van der Waals surface area contributed by atoms with Crippen LogP contribution in [0.15, 0.2) is 18.2 Å². The molecular formula is C9H9F3IN. The Labute approximate surface area is 93.6 Å². The van der Waals surface area contributed by atoms with Crippen LogP contribution in [0, 0.1) is 10.5 Å². The van der Waals surface area contributed by atoms with E-state index in [1.165, 1.54) is 6.07 Å². The van der Waals surface area contributed by atoms with E-state index in [4.69, 9.17) is 5.73 Å². The smallest absolute Gasteiger partial charge is 0.316 e. The van der Waals surface area contributed by atoms with Crippen LogP contribution >= 0.6 is 22.6 Å². The second-order valence-electron chi connectivity index (χ2n) is 3.04. The molecule has 0 heterocycles. The van der Waals surface area contributed by atoms with Crippen molar-refractivity contribution in [2.45, 2.75) is 19.1 Å². The molecule has 1 nitrogen and oxygen atoms in total. The molecule has 1 aromatic rings. The van der Waals surface area contributed by atoms with Crippen LogP contribution in [0.4, 0.5) is 13.2 Å². The second-order valence-corrected chi connectivity index (χ2v) is 4.21. The lowest BCUT2D eigenvalue weighted by Crippen LogP contribution is -2.29. The van der Waals surface area contributed by atoms with E-state index in [1.807, 2.05) is 22.6 Å². The van der Waals surface area contributed by atoms with Crippen LogP contribution in [-0.2, 0) is 0 Å². The van der Waals surface area contributed by atoms with Crippen molar-refractivity contribution < 1.29 is 13.2 Å². The maximum Gasteiger partial charge on any atom is 0.407 e. The normalized spacial score (nSPS) is 14.1. The molecule has 0 saturated heterocycles. The minimum absolute atomic E-state index is 0.137. The largest absolute Gasteiger partial charge is 0.407 e. The maximum atomic E-state index is 12.3. The number of hydrogen-bond acceptors (Lipinski definition) is 1. The third-order valence-electron chi connectivity index (χ3n) is 1.84. The first-order valence-corrected chi connectivity index (χ1v) is 4.98. The van der Waals surface area contributed by atoms with Gasteiger partial charge < -0.3 is 5.73 Å². The molecule has 0 aromatic heterocycles. The molecule has 0 bridgehead atoms. The molecule has 1 atom stereocenters. The van der Waals surface area contributed by atoms with Gasteiger partial charge in [-0.05, 0) is 41.1 Å². The Morgan fingerprint density at radius 3 is 2.43 bits per heavy atom. The molecule has 0 fully saturated rings. The van der Waals surface area contributed by atoms with Crippen LogP contribution < -0.4 is 5.73 Å². The van der Waals surface area contributed by atoms with Gasteiger partial charge in [-0.25, -0.2) is 0 Å². The van der Waals surface area contributed by atoms with Crippen molar-refractivity contribution in [3.8, 4) is 0 Å². The Morgan fingerprint density at radius 1 is 1.36 bits per heavy atom. The van der Waals surface area contributed by atoms with Gasteiger partial charge in [-0.15, -0.1) is 0 Å². The third kappa shape index (κ3) is 2.60. The molecular weight excluding hydrogens is 306 g/mol. The Balaban J connectivity index is 3.12. The molecule has 0 aliphatic heterocycles. The first-order chi connectivity index (χ1) is 6.32. The van der Waals surface area contributed by atoms with E-state index >= 15 is 0 Å². The Kier molecular flexibility index (Phi) is 3.41. The van der Waals surface area contributed by atoms with E-state index in [0.717, 1.165) is 5.56 Å². The van der Waals surface area contributed by atoms with E-state index < -0.39 is 12.2 Å². The number of hydrogen-bond donors (Lipinski definition) is 1. The lowest BCUT2D eigenvalue weighted by atomic mass is 10.1. The van der Waals surface area contributed by atoms with Crippen molar-refractivity contribution >= 4 is 22.6 Å². The number of nitrogens with two attached hydrogens (primary N) is 1. The molecule has 5 heteroatoms. The summed E-state index contributed by atoms with van der Waals surface area (Å²) in [7, 11) is 0. The number of alkyl halides is 3. The minimum atomic E-state index is -4.38. The quantitative estimate of drug-likeness (QED) is 0.792. The van der Waals surface area contributed by atoms with Crippen molar-refractivity contribution in [2.75, 3.05) is 0 Å². The van der Waals surface area contributed by atoms with Gasteiger partial charge >= 0.3 is 6.18 Å². The van der Waals surface area contributed by atoms with Crippen molar-refractivity contribution in [1.82, 2.24) is 0 Å². The number of halogens is 4. The van der Waals surface area contributed by atoms with E-state index in [1.54, 1.807) is 19.1 Å². The van der Waals surface area contributed by atoms with Gasteiger partial charge in [0, 0.05) is 3.57 Å². The lowest BCUT2D eigenvalue weighted by molar-refractivity contribution is -0.149. The summed E-state index contributed by atoms with van der Waals surface area (Å²) in [6.07, 6.45) is -4.38. The van der Waals surface area contributed by atoms with Gasteiger partial charge in [-0.2, -0.15) is 13.2 Å². The van der Waals surface area contributed by atoms with Crippen LogP contribution in [-0.4, -0.2) is 6.18 Å². The molecule has 1 aromatic carbocycles. The fraction of sp³-hybridized carbons (Fsp3) is 0.333. The highest BCUT2D eigenvalue weighted by Gasteiger charge is 2.38. The highest BCUT2D eigenvalue weighted by molar-refractivity contribution is 14.1. The molecule has 0 aliphatic rings.